The van der Waals surface area contributed by atoms with E-state index in [2.05, 4.69) is 0 Å². The van der Waals surface area contributed by atoms with Gasteiger partial charge in [-0.3, -0.25) is 9.36 Å². The van der Waals surface area contributed by atoms with Crippen LogP contribution in [0.25, 0.3) is 20.9 Å². The molecular weight excluding hydrogens is 463 g/mol. The zero-order chi connectivity index (χ0) is 22.7. The number of ketones is 1. The van der Waals surface area contributed by atoms with Gasteiger partial charge in [0.2, 0.25) is 0 Å². The number of carbonyl (C=O) groups is 1. The monoisotopic (exact) mass is 486 g/mol. The largest absolute Gasteiger partial charge is 0.345 e. The average molecular weight is 487 g/mol. The maximum atomic E-state index is 13.9. The van der Waals surface area contributed by atoms with Crippen molar-refractivity contribution in [2.45, 2.75) is 25.9 Å². The molecule has 32 heavy (non-hydrogen) atoms. The molecule has 7 heteroatoms. The molecule has 4 aromatic rings. The van der Waals surface area contributed by atoms with E-state index in [9.17, 15) is 9.36 Å². The minimum absolute atomic E-state index is 0.123. The molecule has 0 fully saturated rings. The molecule has 0 saturated heterocycles. The third-order valence-electron chi connectivity index (χ3n) is 5.29. The Labute approximate surface area is 196 Å². The number of fused-ring (bicyclic) bond motifs is 2. The molecule has 3 aromatic carbocycles. The Kier molecular flexibility index (Phi) is 7.14. The predicted octanol–water partition coefficient (Wildman–Crippen LogP) is 7.83. The van der Waals surface area contributed by atoms with E-state index in [1.165, 1.54) is 11.3 Å². The van der Waals surface area contributed by atoms with Gasteiger partial charge in [0, 0.05) is 16.1 Å². The molecule has 1 aromatic heterocycles. The van der Waals surface area contributed by atoms with Crippen LogP contribution in [0, 0.1) is 0 Å². The zero-order valence-electron chi connectivity index (χ0n) is 17.9. The molecule has 0 amide bonds. The highest BCUT2D eigenvalue weighted by Crippen LogP contribution is 2.63. The molecule has 166 valence electrons. The lowest BCUT2D eigenvalue weighted by atomic mass is 9.99. The first-order valence-electron chi connectivity index (χ1n) is 10.5. The summed E-state index contributed by atoms with van der Waals surface area (Å²) >= 11 is 7.73. The van der Waals surface area contributed by atoms with Crippen molar-refractivity contribution in [3.8, 4) is 0 Å². The van der Waals surface area contributed by atoms with Gasteiger partial charge in [-0.25, -0.2) is 0 Å². The lowest BCUT2D eigenvalue weighted by Crippen LogP contribution is -2.18. The second-order valence-corrected chi connectivity index (χ2v) is 10.9. The van der Waals surface area contributed by atoms with Crippen LogP contribution in [0.15, 0.2) is 66.0 Å². The van der Waals surface area contributed by atoms with Gasteiger partial charge in [0.1, 0.15) is 5.66 Å². The Bertz CT molecular complexity index is 1310. The first-order valence-corrected chi connectivity index (χ1v) is 13.4. The summed E-state index contributed by atoms with van der Waals surface area (Å²) in [5, 5.41) is 5.39. The lowest BCUT2D eigenvalue weighted by Gasteiger charge is -2.25. The van der Waals surface area contributed by atoms with E-state index < -0.39 is 13.3 Å². The van der Waals surface area contributed by atoms with Gasteiger partial charge in [-0.15, -0.1) is 11.3 Å². The zero-order valence-corrected chi connectivity index (χ0v) is 20.4. The highest BCUT2D eigenvalue weighted by Gasteiger charge is 2.43. The van der Waals surface area contributed by atoms with Crippen LogP contribution in [0.2, 0.25) is 5.02 Å². The Morgan fingerprint density at radius 1 is 1.00 bits per heavy atom. The van der Waals surface area contributed by atoms with Gasteiger partial charge in [0.25, 0.3) is 0 Å². The van der Waals surface area contributed by atoms with Crippen molar-refractivity contribution in [3.05, 3.63) is 82.2 Å². The summed E-state index contributed by atoms with van der Waals surface area (Å²) in [7, 11) is -3.76. The highest BCUT2D eigenvalue weighted by atomic mass is 35.5. The van der Waals surface area contributed by atoms with Crippen LogP contribution in [0.3, 0.4) is 0 Å². The van der Waals surface area contributed by atoms with Gasteiger partial charge >= 0.3 is 7.60 Å². The van der Waals surface area contributed by atoms with E-state index in [0.29, 0.717) is 10.6 Å². The number of hydrogen-bond acceptors (Lipinski definition) is 5. The smallest absolute Gasteiger partial charge is 0.308 e. The number of carbonyl (C=O) groups excluding carboxylic acids is 1. The van der Waals surface area contributed by atoms with Crippen molar-refractivity contribution < 1.29 is 18.4 Å². The van der Waals surface area contributed by atoms with Crippen LogP contribution < -0.4 is 0 Å². The van der Waals surface area contributed by atoms with Gasteiger partial charge in [0.05, 0.1) is 13.2 Å². The summed E-state index contributed by atoms with van der Waals surface area (Å²) in [6.45, 7) is 3.86. The molecule has 0 radical (unpaired) electrons. The molecule has 4 nitrogen and oxygen atoms in total. The van der Waals surface area contributed by atoms with E-state index in [0.717, 1.165) is 26.4 Å². The van der Waals surface area contributed by atoms with Crippen molar-refractivity contribution in [1.82, 2.24) is 0 Å². The highest BCUT2D eigenvalue weighted by molar-refractivity contribution is 7.55. The van der Waals surface area contributed by atoms with Gasteiger partial charge in [-0.05, 0) is 64.7 Å². The van der Waals surface area contributed by atoms with E-state index in [1.54, 1.807) is 26.0 Å². The van der Waals surface area contributed by atoms with Crippen molar-refractivity contribution in [1.29, 1.82) is 0 Å². The number of thiophene rings is 1. The van der Waals surface area contributed by atoms with Crippen molar-refractivity contribution in [3.63, 3.8) is 0 Å². The van der Waals surface area contributed by atoms with Crippen molar-refractivity contribution >= 4 is 57.2 Å². The fourth-order valence-electron chi connectivity index (χ4n) is 3.95. The minimum Gasteiger partial charge on any atom is -0.308 e. The summed E-state index contributed by atoms with van der Waals surface area (Å²) in [4.78, 5) is 13.7. The second-order valence-electron chi connectivity index (χ2n) is 7.43. The van der Waals surface area contributed by atoms with Crippen LogP contribution in [0.4, 0.5) is 0 Å². The molecule has 0 aliphatic rings. The Morgan fingerprint density at radius 2 is 1.72 bits per heavy atom. The third-order valence-corrected chi connectivity index (χ3v) is 8.94. The molecule has 1 unspecified atom stereocenters. The summed E-state index contributed by atoms with van der Waals surface area (Å²) in [6.07, 6.45) is 0.123. The normalized spacial score (nSPS) is 13.0. The first kappa shape index (κ1) is 23.2. The molecule has 4 rings (SSSR count). The second kappa shape index (κ2) is 9.86. The summed E-state index contributed by atoms with van der Waals surface area (Å²) in [5.74, 6) is -0.204. The number of rotatable bonds is 9. The summed E-state index contributed by atoms with van der Waals surface area (Å²) in [6, 6.07) is 19.4. The van der Waals surface area contributed by atoms with Crippen molar-refractivity contribution in [2.75, 3.05) is 13.2 Å². The molecule has 0 spiro atoms. The van der Waals surface area contributed by atoms with Gasteiger partial charge in [0.15, 0.2) is 5.78 Å². The van der Waals surface area contributed by atoms with Gasteiger partial charge in [-0.1, -0.05) is 54.1 Å². The average Bonchev–Trinajstić information content (AvgIpc) is 3.16. The summed E-state index contributed by atoms with van der Waals surface area (Å²) < 4.78 is 26.2. The number of halogens is 1. The Morgan fingerprint density at radius 3 is 2.44 bits per heavy atom. The molecule has 0 saturated carbocycles. The SMILES string of the molecule is CCOP(=O)(OCC)C(C(=O)Cc1ccc2ccccc2c1)c1csc2ccc(Cl)cc12. The van der Waals surface area contributed by atoms with E-state index in [-0.39, 0.29) is 25.4 Å². The maximum Gasteiger partial charge on any atom is 0.345 e. The Balaban J connectivity index is 1.79. The molecule has 0 aliphatic carbocycles. The van der Waals surface area contributed by atoms with Crippen molar-refractivity contribution in [2.24, 2.45) is 0 Å². The lowest BCUT2D eigenvalue weighted by molar-refractivity contribution is -0.118. The molecule has 1 heterocycles. The van der Waals surface area contributed by atoms with Crippen LogP contribution in [-0.4, -0.2) is 19.0 Å². The fourth-order valence-corrected chi connectivity index (χ4v) is 7.28. The fraction of sp³-hybridized carbons (Fsp3) is 0.240. The molecule has 0 bridgehead atoms. The molecule has 0 aliphatic heterocycles. The first-order chi connectivity index (χ1) is 15.4. The van der Waals surface area contributed by atoms with Gasteiger partial charge < -0.3 is 9.05 Å². The predicted molar refractivity (Wildman–Crippen MR) is 133 cm³/mol. The van der Waals surface area contributed by atoms with Crippen LogP contribution >= 0.6 is 30.5 Å². The molecule has 1 atom stereocenters. The van der Waals surface area contributed by atoms with E-state index in [1.807, 2.05) is 53.9 Å². The third kappa shape index (κ3) is 4.68. The van der Waals surface area contributed by atoms with Crippen LogP contribution in [0.5, 0.6) is 0 Å². The van der Waals surface area contributed by atoms with E-state index in [4.69, 9.17) is 20.6 Å². The maximum absolute atomic E-state index is 13.9. The van der Waals surface area contributed by atoms with Gasteiger partial charge in [-0.2, -0.15) is 0 Å². The number of Topliss-reactive ketones (excluding diaryl/α,β-unsaturated/α-hetero) is 1. The minimum atomic E-state index is -3.76. The van der Waals surface area contributed by atoms with Crippen LogP contribution in [-0.2, 0) is 24.8 Å². The molecular formula is C25H24ClO4PS. The topological polar surface area (TPSA) is 52.6 Å². The van der Waals surface area contributed by atoms with E-state index >= 15 is 0 Å². The summed E-state index contributed by atoms with van der Waals surface area (Å²) in [5.41, 5.74) is 0.473. The standard InChI is InChI=1S/C25H24ClO4PS/c1-3-29-31(28,30-4-2)25(22-16-32-24-12-11-20(26)15-21(22)24)23(27)14-17-9-10-18-7-5-6-8-19(18)13-17/h5-13,15-16,25H,3-4,14H2,1-2H3. The Hall–Kier alpha value is -2.01. The van der Waals surface area contributed by atoms with Crippen LogP contribution in [0.1, 0.15) is 30.6 Å². The number of hydrogen-bond donors (Lipinski definition) is 0. The molecule has 0 N–H and O–H groups in total. The number of benzene rings is 3. The quantitative estimate of drug-likeness (QED) is 0.226.